The molecular weight excluding hydrogens is 163 g/mol. The summed E-state index contributed by atoms with van der Waals surface area (Å²) < 4.78 is 0. The van der Waals surface area contributed by atoms with E-state index in [1.165, 1.54) is 0 Å². The second kappa shape index (κ2) is 17.9. The van der Waals surface area contributed by atoms with Crippen LogP contribution in [0.4, 0.5) is 4.79 Å². The molecule has 0 aliphatic heterocycles. The van der Waals surface area contributed by atoms with E-state index in [1.807, 2.05) is 6.79 Å². The standard InChI is InChI=1S/CH4N2O.CH2O.H2Se/c2-1(3)4;1-2;/h(H4,2,3,4);1H2;1H2. The summed E-state index contributed by atoms with van der Waals surface area (Å²) in [5.41, 5.74) is 8.50. The number of carbonyl (C=O) groups excluding carboxylic acids is 2. The van der Waals surface area contributed by atoms with E-state index in [1.54, 1.807) is 0 Å². The number of carbonyl (C=O) groups is 2. The molecule has 5 heteroatoms. The monoisotopic (exact) mass is 172 g/mol. The van der Waals surface area contributed by atoms with Gasteiger partial charge in [0.05, 0.1) is 0 Å². The topological polar surface area (TPSA) is 86.2 Å². The van der Waals surface area contributed by atoms with E-state index in [0.717, 1.165) is 0 Å². The average molecular weight is 171 g/mol. The molecule has 0 radical (unpaired) electrons. The second-order valence-corrected chi connectivity index (χ2v) is 0.402. The molecule has 4 N–H and O–H groups in total. The van der Waals surface area contributed by atoms with Crippen molar-refractivity contribution in [2.75, 3.05) is 0 Å². The molecular formula is C2H8N2O2Se. The maximum atomic E-state index is 9.00. The van der Waals surface area contributed by atoms with E-state index in [0.29, 0.717) is 0 Å². The van der Waals surface area contributed by atoms with Gasteiger partial charge in [0.25, 0.3) is 0 Å². The Morgan fingerprint density at radius 2 is 1.29 bits per heavy atom. The molecule has 0 rings (SSSR count). The summed E-state index contributed by atoms with van der Waals surface area (Å²) in [4.78, 5) is 17.0. The first-order chi connectivity index (χ1) is 2.73. The number of nitrogens with two attached hydrogens (primary N) is 2. The van der Waals surface area contributed by atoms with Gasteiger partial charge in [-0.25, -0.2) is 4.79 Å². The van der Waals surface area contributed by atoms with Gasteiger partial charge in [0.2, 0.25) is 0 Å². The quantitative estimate of drug-likeness (QED) is 0.410. The molecule has 0 aromatic rings. The van der Waals surface area contributed by atoms with Crippen molar-refractivity contribution >= 4 is 29.9 Å². The van der Waals surface area contributed by atoms with Crippen molar-refractivity contribution in [3.63, 3.8) is 0 Å². The molecule has 0 aromatic carbocycles. The number of rotatable bonds is 0. The Balaban J connectivity index is -0.0000000480. The Morgan fingerprint density at radius 3 is 1.29 bits per heavy atom. The number of hydrogen-bond acceptors (Lipinski definition) is 2. The zero-order valence-corrected chi connectivity index (χ0v) is 5.78. The fraction of sp³-hybridized carbons (Fsp3) is 0. The van der Waals surface area contributed by atoms with Crippen molar-refractivity contribution in [3.05, 3.63) is 0 Å². The number of amides is 2. The van der Waals surface area contributed by atoms with Crippen LogP contribution in [-0.4, -0.2) is 29.9 Å². The molecule has 0 unspecified atom stereocenters. The molecule has 4 nitrogen and oxygen atoms in total. The predicted octanol–water partition coefficient (Wildman–Crippen LogP) is -2.08. The van der Waals surface area contributed by atoms with Gasteiger partial charge >= 0.3 is 23.1 Å². The summed E-state index contributed by atoms with van der Waals surface area (Å²) in [6, 6.07) is -0.833. The number of primary amides is 2. The van der Waals surface area contributed by atoms with E-state index < -0.39 is 6.03 Å². The molecule has 0 aliphatic rings. The van der Waals surface area contributed by atoms with Gasteiger partial charge in [-0.1, -0.05) is 0 Å². The average Bonchev–Trinajstić information content (AvgIpc) is 1.41. The first-order valence-electron chi connectivity index (χ1n) is 1.07. The molecule has 0 saturated carbocycles. The number of hydrogen-bond donors (Lipinski definition) is 2. The van der Waals surface area contributed by atoms with E-state index in [2.05, 4.69) is 11.5 Å². The van der Waals surface area contributed by atoms with E-state index in [4.69, 9.17) is 9.59 Å². The molecule has 0 atom stereocenters. The van der Waals surface area contributed by atoms with Crippen LogP contribution in [0.25, 0.3) is 0 Å². The van der Waals surface area contributed by atoms with Gasteiger partial charge in [-0.05, 0) is 0 Å². The third-order valence-electron chi connectivity index (χ3n) is 0. The Kier molecular flexibility index (Phi) is 41.2. The van der Waals surface area contributed by atoms with Crippen LogP contribution in [0.2, 0.25) is 0 Å². The summed E-state index contributed by atoms with van der Waals surface area (Å²) in [6.07, 6.45) is 0. The Labute approximate surface area is 51.7 Å². The van der Waals surface area contributed by atoms with Gasteiger partial charge in [-0.2, -0.15) is 0 Å². The van der Waals surface area contributed by atoms with Crippen molar-refractivity contribution in [2.24, 2.45) is 11.5 Å². The van der Waals surface area contributed by atoms with Gasteiger partial charge in [0.1, 0.15) is 6.79 Å². The second-order valence-electron chi connectivity index (χ2n) is 0.402. The zero-order chi connectivity index (χ0) is 5.58. The van der Waals surface area contributed by atoms with Crippen LogP contribution in [0.3, 0.4) is 0 Å². The number of urea groups is 1. The van der Waals surface area contributed by atoms with Crippen LogP contribution < -0.4 is 11.5 Å². The molecule has 2 amide bonds. The molecule has 0 aromatic heterocycles. The summed E-state index contributed by atoms with van der Waals surface area (Å²) >= 11 is 0. The van der Waals surface area contributed by atoms with Crippen molar-refractivity contribution in [1.29, 1.82) is 0 Å². The van der Waals surface area contributed by atoms with Gasteiger partial charge < -0.3 is 16.3 Å². The van der Waals surface area contributed by atoms with E-state index >= 15 is 0 Å². The fourth-order valence-corrected chi connectivity index (χ4v) is 0. The van der Waals surface area contributed by atoms with Crippen LogP contribution >= 0.6 is 0 Å². The molecule has 0 saturated heterocycles. The molecule has 0 bridgehead atoms. The van der Waals surface area contributed by atoms with Crippen molar-refractivity contribution < 1.29 is 9.59 Å². The summed E-state index contributed by atoms with van der Waals surface area (Å²) in [7, 11) is 0. The van der Waals surface area contributed by atoms with Crippen molar-refractivity contribution in [1.82, 2.24) is 0 Å². The van der Waals surface area contributed by atoms with E-state index in [-0.39, 0.29) is 17.1 Å². The third kappa shape index (κ3) is 224. The van der Waals surface area contributed by atoms with Gasteiger partial charge in [-0.15, -0.1) is 0 Å². The minimum atomic E-state index is -0.833. The fourth-order valence-electron chi connectivity index (χ4n) is 0. The minimum absolute atomic E-state index is 0. The molecule has 44 valence electrons. The molecule has 0 aliphatic carbocycles. The SMILES string of the molecule is C=O.NC(N)=O.[SeH2]. The van der Waals surface area contributed by atoms with Gasteiger partial charge in [0.15, 0.2) is 0 Å². The van der Waals surface area contributed by atoms with Crippen molar-refractivity contribution in [2.45, 2.75) is 0 Å². The van der Waals surface area contributed by atoms with E-state index in [9.17, 15) is 0 Å². The normalized spacial score (nSPS) is 4.00. The summed E-state index contributed by atoms with van der Waals surface area (Å²) in [5, 5.41) is 0. The zero-order valence-electron chi connectivity index (χ0n) is 3.68. The predicted molar refractivity (Wildman–Crippen MR) is 29.4 cm³/mol. The summed E-state index contributed by atoms with van der Waals surface area (Å²) in [5.74, 6) is 0. The molecule has 0 fully saturated rings. The molecule has 7 heavy (non-hydrogen) atoms. The van der Waals surface area contributed by atoms with Crippen LogP contribution in [0.15, 0.2) is 0 Å². The summed E-state index contributed by atoms with van der Waals surface area (Å²) in [6.45, 7) is 2.00. The Morgan fingerprint density at radius 1 is 1.29 bits per heavy atom. The van der Waals surface area contributed by atoms with Crippen LogP contribution in [0.1, 0.15) is 0 Å². The Hall–Kier alpha value is -0.541. The first-order valence-corrected chi connectivity index (χ1v) is 1.07. The van der Waals surface area contributed by atoms with Gasteiger partial charge in [0, 0.05) is 0 Å². The van der Waals surface area contributed by atoms with Gasteiger partial charge in [-0.3, -0.25) is 0 Å². The Bertz CT molecular complexity index is 45.0. The maximum absolute atomic E-state index is 9.00. The molecule has 0 heterocycles. The first kappa shape index (κ1) is 16.1. The van der Waals surface area contributed by atoms with Crippen LogP contribution in [0.5, 0.6) is 0 Å². The van der Waals surface area contributed by atoms with Crippen LogP contribution in [-0.2, 0) is 4.79 Å². The molecule has 0 spiro atoms. The van der Waals surface area contributed by atoms with Crippen molar-refractivity contribution in [3.8, 4) is 0 Å². The third-order valence-corrected chi connectivity index (χ3v) is 0. The van der Waals surface area contributed by atoms with Crippen LogP contribution in [0, 0.1) is 0 Å².